The Morgan fingerprint density at radius 3 is 2.65 bits per heavy atom. The molecular weight excluding hydrogens is 258 g/mol. The second-order valence-corrected chi connectivity index (χ2v) is 9.06. The Labute approximate surface area is 107 Å². The summed E-state index contributed by atoms with van der Waals surface area (Å²) in [6.07, 6.45) is 2.22. The van der Waals surface area contributed by atoms with E-state index in [-0.39, 0.29) is 11.7 Å². The summed E-state index contributed by atoms with van der Waals surface area (Å²) < 4.78 is 33.9. The van der Waals surface area contributed by atoms with Gasteiger partial charge in [0.05, 0.1) is 5.75 Å². The summed E-state index contributed by atoms with van der Waals surface area (Å²) >= 11 is 0. The lowest BCUT2D eigenvalue weighted by atomic mass is 10.1. The Balaban J connectivity index is 2.51. The van der Waals surface area contributed by atoms with E-state index >= 15 is 0 Å². The number of rotatable bonds is 4. The fraction of sp³-hybridized carbons (Fsp3) is 1.00. The van der Waals surface area contributed by atoms with Gasteiger partial charge in [-0.1, -0.05) is 6.92 Å². The van der Waals surface area contributed by atoms with E-state index in [0.717, 1.165) is 31.0 Å². The van der Waals surface area contributed by atoms with Crippen LogP contribution in [0.1, 0.15) is 20.3 Å². The van der Waals surface area contributed by atoms with E-state index < -0.39 is 20.6 Å². The van der Waals surface area contributed by atoms with Crippen LogP contribution in [0.25, 0.3) is 0 Å². The van der Waals surface area contributed by atoms with Crippen molar-refractivity contribution in [2.75, 3.05) is 36.6 Å². The Morgan fingerprint density at radius 1 is 1.41 bits per heavy atom. The van der Waals surface area contributed by atoms with Crippen LogP contribution < -0.4 is 0 Å². The molecule has 3 atom stereocenters. The lowest BCUT2D eigenvalue weighted by Crippen LogP contribution is -2.38. The highest BCUT2D eigenvalue weighted by Crippen LogP contribution is 2.13. The molecule has 0 amide bonds. The van der Waals surface area contributed by atoms with E-state index in [1.54, 1.807) is 0 Å². The quantitative estimate of drug-likeness (QED) is 0.753. The fourth-order valence-electron chi connectivity index (χ4n) is 2.27. The zero-order valence-electron chi connectivity index (χ0n) is 10.9. The maximum absolute atomic E-state index is 11.5. The van der Waals surface area contributed by atoms with Gasteiger partial charge in [-0.05, 0) is 19.3 Å². The first-order valence-electron chi connectivity index (χ1n) is 6.04. The predicted octanol–water partition coefficient (Wildman–Crippen LogP) is 0.510. The highest BCUT2D eigenvalue weighted by molar-refractivity contribution is 7.90. The van der Waals surface area contributed by atoms with Crippen LogP contribution in [0.4, 0.5) is 0 Å². The third-order valence-electron chi connectivity index (χ3n) is 3.13. The van der Waals surface area contributed by atoms with E-state index in [9.17, 15) is 12.6 Å². The van der Waals surface area contributed by atoms with Gasteiger partial charge in [-0.15, -0.1) is 0 Å². The van der Waals surface area contributed by atoms with E-state index in [1.165, 1.54) is 6.26 Å². The van der Waals surface area contributed by atoms with Gasteiger partial charge in [0.25, 0.3) is 0 Å². The minimum atomic E-state index is -2.90. The molecule has 0 N–H and O–H groups in total. The monoisotopic (exact) mass is 281 g/mol. The van der Waals surface area contributed by atoms with Crippen molar-refractivity contribution in [2.24, 2.45) is 5.92 Å². The first-order valence-corrected chi connectivity index (χ1v) is 9.59. The molecular formula is C11H23NO3S2. The topological polar surface area (TPSA) is 54.5 Å². The summed E-state index contributed by atoms with van der Waals surface area (Å²) in [5, 5.41) is 0. The smallest absolute Gasteiger partial charge is 0.147 e. The molecule has 0 spiro atoms. The number of nitrogens with zero attached hydrogens (tertiary/aromatic N) is 1. The molecule has 0 aromatic heterocycles. The van der Waals surface area contributed by atoms with Gasteiger partial charge in [0, 0.05) is 47.7 Å². The fourth-order valence-corrected chi connectivity index (χ4v) is 4.65. The van der Waals surface area contributed by atoms with Gasteiger partial charge in [-0.3, -0.25) is 9.11 Å². The van der Waals surface area contributed by atoms with Crippen molar-refractivity contribution in [1.82, 2.24) is 4.90 Å². The van der Waals surface area contributed by atoms with Crippen molar-refractivity contribution in [2.45, 2.75) is 26.3 Å². The minimum Gasteiger partial charge on any atom is -0.299 e. The summed E-state index contributed by atoms with van der Waals surface area (Å²) in [6, 6.07) is 0.406. The molecule has 0 aromatic carbocycles. The van der Waals surface area contributed by atoms with Crippen LogP contribution >= 0.6 is 0 Å². The van der Waals surface area contributed by atoms with Crippen molar-refractivity contribution in [3.63, 3.8) is 0 Å². The normalized spacial score (nSPS) is 29.8. The third kappa shape index (κ3) is 5.97. The highest BCUT2D eigenvalue weighted by Gasteiger charge is 2.22. The molecule has 3 unspecified atom stereocenters. The first-order chi connectivity index (χ1) is 7.78. The Bertz CT molecular complexity index is 367. The largest absolute Gasteiger partial charge is 0.299 e. The van der Waals surface area contributed by atoms with Crippen LogP contribution in [0.5, 0.6) is 0 Å². The summed E-state index contributed by atoms with van der Waals surface area (Å²) in [5.74, 6) is 1.87. The maximum Gasteiger partial charge on any atom is 0.147 e. The molecule has 1 aliphatic heterocycles. The molecule has 0 aliphatic carbocycles. The van der Waals surface area contributed by atoms with E-state index in [4.69, 9.17) is 0 Å². The second kappa shape index (κ2) is 6.29. The van der Waals surface area contributed by atoms with Gasteiger partial charge >= 0.3 is 0 Å². The molecule has 0 saturated carbocycles. The Kier molecular flexibility index (Phi) is 5.60. The molecule has 1 heterocycles. The molecule has 1 fully saturated rings. The van der Waals surface area contributed by atoms with Crippen LogP contribution in [-0.2, 0) is 20.6 Å². The molecule has 6 heteroatoms. The summed E-state index contributed by atoms with van der Waals surface area (Å²) in [7, 11) is -3.59. The van der Waals surface area contributed by atoms with Gasteiger partial charge in [0.2, 0.25) is 0 Å². The summed E-state index contributed by atoms with van der Waals surface area (Å²) in [6.45, 7) is 5.71. The molecule has 4 nitrogen and oxygen atoms in total. The van der Waals surface area contributed by atoms with E-state index in [2.05, 4.69) is 11.8 Å². The molecule has 1 aliphatic rings. The van der Waals surface area contributed by atoms with Gasteiger partial charge < -0.3 is 0 Å². The Morgan fingerprint density at radius 2 is 2.06 bits per heavy atom. The van der Waals surface area contributed by atoms with E-state index in [1.807, 2.05) is 6.92 Å². The van der Waals surface area contributed by atoms with Crippen LogP contribution in [0.15, 0.2) is 0 Å². The molecule has 1 rings (SSSR count). The van der Waals surface area contributed by atoms with Gasteiger partial charge in [0.1, 0.15) is 9.84 Å². The molecule has 17 heavy (non-hydrogen) atoms. The molecule has 102 valence electrons. The van der Waals surface area contributed by atoms with E-state index in [0.29, 0.717) is 6.04 Å². The molecule has 0 radical (unpaired) electrons. The van der Waals surface area contributed by atoms with Gasteiger partial charge in [-0.2, -0.15) is 0 Å². The predicted molar refractivity (Wildman–Crippen MR) is 72.4 cm³/mol. The lowest BCUT2D eigenvalue weighted by Gasteiger charge is -2.29. The Hall–Kier alpha value is 0.0600. The third-order valence-corrected chi connectivity index (χ3v) is 5.63. The minimum absolute atomic E-state index is 0.138. The van der Waals surface area contributed by atoms with Gasteiger partial charge in [0.15, 0.2) is 0 Å². The van der Waals surface area contributed by atoms with Gasteiger partial charge in [-0.25, -0.2) is 8.42 Å². The van der Waals surface area contributed by atoms with Crippen LogP contribution in [0.2, 0.25) is 0 Å². The summed E-state index contributed by atoms with van der Waals surface area (Å²) in [4.78, 5) is 2.28. The number of hydrogen-bond acceptors (Lipinski definition) is 4. The highest BCUT2D eigenvalue weighted by atomic mass is 32.2. The lowest BCUT2D eigenvalue weighted by molar-refractivity contribution is 0.198. The average molecular weight is 281 g/mol. The second-order valence-electron chi connectivity index (χ2n) is 5.18. The van der Waals surface area contributed by atoms with Crippen molar-refractivity contribution in [3.8, 4) is 0 Å². The van der Waals surface area contributed by atoms with Crippen LogP contribution in [0.3, 0.4) is 0 Å². The van der Waals surface area contributed by atoms with Crippen molar-refractivity contribution in [1.29, 1.82) is 0 Å². The zero-order chi connectivity index (χ0) is 13.1. The van der Waals surface area contributed by atoms with Crippen LogP contribution in [-0.4, -0.2) is 60.2 Å². The standard InChI is InChI=1S/C11H23NO3S2/c1-10(9-17(3,14)15)8-12-5-7-16(13)6-4-11(12)2/h10-11H,4-9H2,1-3H3. The van der Waals surface area contributed by atoms with Crippen molar-refractivity contribution >= 4 is 20.6 Å². The molecule has 1 saturated heterocycles. The zero-order valence-corrected chi connectivity index (χ0v) is 12.5. The number of hydrogen-bond donors (Lipinski definition) is 0. The van der Waals surface area contributed by atoms with Crippen molar-refractivity contribution in [3.05, 3.63) is 0 Å². The molecule has 0 aromatic rings. The van der Waals surface area contributed by atoms with Crippen LogP contribution in [0, 0.1) is 5.92 Å². The molecule has 0 bridgehead atoms. The number of sulfone groups is 1. The maximum atomic E-state index is 11.5. The SMILES string of the molecule is CC(CN1CCS(=O)CCC1C)CS(C)(=O)=O. The summed E-state index contributed by atoms with van der Waals surface area (Å²) in [5.41, 5.74) is 0. The average Bonchev–Trinajstić information content (AvgIpc) is 2.30. The van der Waals surface area contributed by atoms with Crippen molar-refractivity contribution < 1.29 is 12.6 Å². The first kappa shape index (κ1) is 15.1.